The van der Waals surface area contributed by atoms with E-state index in [2.05, 4.69) is 17.2 Å². The van der Waals surface area contributed by atoms with Gasteiger partial charge in [0.25, 0.3) is 6.01 Å². The van der Waals surface area contributed by atoms with Gasteiger partial charge in [0.15, 0.2) is 5.58 Å². The van der Waals surface area contributed by atoms with Crippen molar-refractivity contribution in [2.75, 3.05) is 11.1 Å². The number of aromatic nitrogens is 1. The Labute approximate surface area is 87.5 Å². The van der Waals surface area contributed by atoms with Gasteiger partial charge in [0, 0.05) is 17.8 Å². The second kappa shape index (κ2) is 2.89. The van der Waals surface area contributed by atoms with Crippen LogP contribution < -0.4 is 11.1 Å². The van der Waals surface area contributed by atoms with Gasteiger partial charge in [-0.15, -0.1) is 0 Å². The molecule has 1 aliphatic rings. The van der Waals surface area contributed by atoms with Gasteiger partial charge in [-0.25, -0.2) is 0 Å². The van der Waals surface area contributed by atoms with E-state index in [1.807, 2.05) is 12.1 Å². The standard InChI is InChI=1S/C11H13N3O/c1-6-4-9(6)14-11-13-8-3-2-7(12)5-10(8)15-11/h2-3,5-6,9H,4,12H2,1H3,(H,13,14). The molecule has 3 N–H and O–H groups in total. The molecule has 0 bridgehead atoms. The average molecular weight is 203 g/mol. The Morgan fingerprint density at radius 2 is 2.33 bits per heavy atom. The van der Waals surface area contributed by atoms with E-state index in [9.17, 15) is 0 Å². The van der Waals surface area contributed by atoms with Gasteiger partial charge in [-0.1, -0.05) is 6.92 Å². The monoisotopic (exact) mass is 203 g/mol. The molecular weight excluding hydrogens is 190 g/mol. The first-order valence-electron chi connectivity index (χ1n) is 5.15. The number of anilines is 2. The second-order valence-electron chi connectivity index (χ2n) is 4.21. The Hall–Kier alpha value is -1.71. The van der Waals surface area contributed by atoms with Crippen LogP contribution in [0.3, 0.4) is 0 Å². The summed E-state index contributed by atoms with van der Waals surface area (Å²) in [7, 11) is 0. The van der Waals surface area contributed by atoms with Gasteiger partial charge in [-0.05, 0) is 24.5 Å². The molecule has 4 heteroatoms. The fourth-order valence-corrected chi connectivity index (χ4v) is 1.68. The molecule has 0 spiro atoms. The quantitative estimate of drug-likeness (QED) is 0.734. The summed E-state index contributed by atoms with van der Waals surface area (Å²) in [6, 6.07) is 6.62. The number of nitrogens with two attached hydrogens (primary N) is 1. The maximum absolute atomic E-state index is 5.66. The van der Waals surface area contributed by atoms with Crippen LogP contribution in [0, 0.1) is 5.92 Å². The molecule has 2 atom stereocenters. The van der Waals surface area contributed by atoms with Crippen LogP contribution in [0.4, 0.5) is 11.7 Å². The van der Waals surface area contributed by atoms with E-state index in [4.69, 9.17) is 10.2 Å². The van der Waals surface area contributed by atoms with Gasteiger partial charge >= 0.3 is 0 Å². The summed E-state index contributed by atoms with van der Waals surface area (Å²) in [4.78, 5) is 4.34. The topological polar surface area (TPSA) is 64.1 Å². The fraction of sp³-hybridized carbons (Fsp3) is 0.364. The summed E-state index contributed by atoms with van der Waals surface area (Å²) in [6.07, 6.45) is 1.20. The Balaban J connectivity index is 1.92. The molecule has 1 aromatic heterocycles. The normalized spacial score (nSPS) is 24.3. The zero-order valence-corrected chi connectivity index (χ0v) is 8.53. The van der Waals surface area contributed by atoms with E-state index in [0.717, 1.165) is 17.0 Å². The van der Waals surface area contributed by atoms with Crippen LogP contribution in [0.1, 0.15) is 13.3 Å². The lowest BCUT2D eigenvalue weighted by Crippen LogP contribution is -2.02. The highest BCUT2D eigenvalue weighted by Gasteiger charge is 2.33. The van der Waals surface area contributed by atoms with Crippen molar-refractivity contribution in [3.05, 3.63) is 18.2 Å². The first kappa shape index (κ1) is 8.59. The Bertz CT molecular complexity index is 506. The minimum Gasteiger partial charge on any atom is -0.423 e. The van der Waals surface area contributed by atoms with Crippen LogP contribution in [0.25, 0.3) is 11.1 Å². The van der Waals surface area contributed by atoms with E-state index < -0.39 is 0 Å². The van der Waals surface area contributed by atoms with Crippen LogP contribution in [0.5, 0.6) is 0 Å². The Morgan fingerprint density at radius 1 is 1.53 bits per heavy atom. The predicted molar refractivity (Wildman–Crippen MR) is 59.6 cm³/mol. The van der Waals surface area contributed by atoms with E-state index in [1.54, 1.807) is 6.07 Å². The molecule has 0 saturated heterocycles. The van der Waals surface area contributed by atoms with Crippen LogP contribution >= 0.6 is 0 Å². The first-order valence-corrected chi connectivity index (χ1v) is 5.15. The molecule has 1 fully saturated rings. The molecule has 78 valence electrons. The number of nitrogen functional groups attached to an aromatic ring is 1. The average Bonchev–Trinajstić information content (AvgIpc) is 2.75. The number of rotatable bonds is 2. The molecular formula is C11H13N3O. The van der Waals surface area contributed by atoms with Crippen LogP contribution in [-0.2, 0) is 0 Å². The van der Waals surface area contributed by atoms with Crippen molar-refractivity contribution in [3.63, 3.8) is 0 Å². The molecule has 1 aromatic carbocycles. The van der Waals surface area contributed by atoms with E-state index in [1.165, 1.54) is 6.42 Å². The lowest BCUT2D eigenvalue weighted by molar-refractivity contribution is 0.612. The van der Waals surface area contributed by atoms with E-state index in [0.29, 0.717) is 17.7 Å². The van der Waals surface area contributed by atoms with Crippen LogP contribution in [-0.4, -0.2) is 11.0 Å². The van der Waals surface area contributed by atoms with Crippen molar-refractivity contribution in [1.29, 1.82) is 0 Å². The first-order chi connectivity index (χ1) is 7.22. The highest BCUT2D eigenvalue weighted by Crippen LogP contribution is 2.33. The number of nitrogens with one attached hydrogen (secondary N) is 1. The SMILES string of the molecule is CC1CC1Nc1nc2ccc(N)cc2o1. The lowest BCUT2D eigenvalue weighted by atomic mass is 10.3. The zero-order valence-electron chi connectivity index (χ0n) is 8.53. The van der Waals surface area contributed by atoms with Crippen molar-refractivity contribution in [1.82, 2.24) is 4.98 Å². The lowest BCUT2D eigenvalue weighted by Gasteiger charge is -1.95. The highest BCUT2D eigenvalue weighted by molar-refractivity contribution is 5.78. The Morgan fingerprint density at radius 3 is 3.07 bits per heavy atom. The molecule has 1 heterocycles. The summed E-state index contributed by atoms with van der Waals surface area (Å²) in [5, 5.41) is 3.26. The van der Waals surface area contributed by atoms with Crippen molar-refractivity contribution in [2.24, 2.45) is 5.92 Å². The number of hydrogen-bond donors (Lipinski definition) is 2. The van der Waals surface area contributed by atoms with Gasteiger partial charge in [0.1, 0.15) is 5.52 Å². The van der Waals surface area contributed by atoms with Crippen molar-refractivity contribution in [3.8, 4) is 0 Å². The third-order valence-electron chi connectivity index (χ3n) is 2.83. The molecule has 1 aliphatic carbocycles. The van der Waals surface area contributed by atoms with Crippen molar-refractivity contribution >= 4 is 22.8 Å². The molecule has 2 unspecified atom stereocenters. The molecule has 4 nitrogen and oxygen atoms in total. The summed E-state index contributed by atoms with van der Waals surface area (Å²) >= 11 is 0. The maximum atomic E-state index is 5.66. The summed E-state index contributed by atoms with van der Waals surface area (Å²) in [5.41, 5.74) is 7.95. The van der Waals surface area contributed by atoms with Gasteiger partial charge in [-0.3, -0.25) is 0 Å². The van der Waals surface area contributed by atoms with Gasteiger partial charge in [-0.2, -0.15) is 4.98 Å². The summed E-state index contributed by atoms with van der Waals surface area (Å²) < 4.78 is 5.55. The van der Waals surface area contributed by atoms with Crippen molar-refractivity contribution < 1.29 is 4.42 Å². The van der Waals surface area contributed by atoms with E-state index >= 15 is 0 Å². The number of nitrogens with zero attached hydrogens (tertiary/aromatic N) is 1. The minimum absolute atomic E-state index is 0.524. The van der Waals surface area contributed by atoms with E-state index in [-0.39, 0.29) is 0 Å². The van der Waals surface area contributed by atoms with Crippen molar-refractivity contribution in [2.45, 2.75) is 19.4 Å². The number of benzene rings is 1. The number of fused-ring (bicyclic) bond motifs is 1. The zero-order chi connectivity index (χ0) is 10.4. The molecule has 15 heavy (non-hydrogen) atoms. The maximum Gasteiger partial charge on any atom is 0.295 e. The number of oxazole rings is 1. The number of hydrogen-bond acceptors (Lipinski definition) is 4. The summed E-state index contributed by atoms with van der Waals surface area (Å²) in [6.45, 7) is 2.21. The molecule has 0 radical (unpaired) electrons. The molecule has 2 aromatic rings. The third-order valence-corrected chi connectivity index (χ3v) is 2.83. The summed E-state index contributed by atoms with van der Waals surface area (Å²) in [5.74, 6) is 0.727. The Kier molecular flexibility index (Phi) is 1.65. The molecule has 0 amide bonds. The second-order valence-corrected chi connectivity index (χ2v) is 4.21. The fourth-order valence-electron chi connectivity index (χ4n) is 1.68. The molecule has 0 aliphatic heterocycles. The smallest absolute Gasteiger partial charge is 0.295 e. The predicted octanol–water partition coefficient (Wildman–Crippen LogP) is 2.23. The third kappa shape index (κ3) is 1.52. The van der Waals surface area contributed by atoms with Gasteiger partial charge in [0.2, 0.25) is 0 Å². The highest BCUT2D eigenvalue weighted by atomic mass is 16.4. The van der Waals surface area contributed by atoms with Crippen LogP contribution in [0.2, 0.25) is 0 Å². The largest absolute Gasteiger partial charge is 0.423 e. The van der Waals surface area contributed by atoms with Gasteiger partial charge < -0.3 is 15.5 Å². The van der Waals surface area contributed by atoms with Crippen LogP contribution in [0.15, 0.2) is 22.6 Å². The minimum atomic E-state index is 0.524. The van der Waals surface area contributed by atoms with Gasteiger partial charge in [0.05, 0.1) is 0 Å². The molecule has 1 saturated carbocycles. The molecule has 3 rings (SSSR count).